The molecule has 0 aliphatic carbocycles. The summed E-state index contributed by atoms with van der Waals surface area (Å²) < 4.78 is 12.6. The molecule has 0 saturated carbocycles. The van der Waals surface area contributed by atoms with Crippen LogP contribution in [0.5, 0.6) is 11.5 Å². The molecule has 1 aliphatic heterocycles. The molecule has 1 aromatic heterocycles. The average molecular weight is 379 g/mol. The van der Waals surface area contributed by atoms with E-state index in [2.05, 4.69) is 4.98 Å². The fraction of sp³-hybridized carbons (Fsp3) is 0.286. The van der Waals surface area contributed by atoms with E-state index in [9.17, 15) is 9.59 Å². The predicted octanol–water partition coefficient (Wildman–Crippen LogP) is 2.54. The van der Waals surface area contributed by atoms with Gasteiger partial charge in [-0.2, -0.15) is 0 Å². The minimum absolute atomic E-state index is 0.137. The highest BCUT2D eigenvalue weighted by Gasteiger charge is 2.22. The van der Waals surface area contributed by atoms with E-state index < -0.39 is 0 Å². The van der Waals surface area contributed by atoms with E-state index in [1.165, 1.54) is 10.9 Å². The molecule has 28 heavy (non-hydrogen) atoms. The standard InChI is InChI=1S/C21H21N3O4/c1-13(14-5-7-18-19(11-14)28-9-8-27-18)24(3)20(25)15-4-6-16-17(10-15)22-12-23(2)21(16)26/h4-7,10-13H,8-9H2,1-3H3. The van der Waals surface area contributed by atoms with Crippen LogP contribution in [0.15, 0.2) is 47.5 Å². The van der Waals surface area contributed by atoms with Gasteiger partial charge < -0.3 is 18.9 Å². The van der Waals surface area contributed by atoms with Crippen LogP contribution < -0.4 is 15.0 Å². The zero-order valence-electron chi connectivity index (χ0n) is 16.0. The first-order chi connectivity index (χ1) is 13.5. The van der Waals surface area contributed by atoms with E-state index in [0.717, 1.165) is 11.3 Å². The first-order valence-corrected chi connectivity index (χ1v) is 9.08. The number of carbonyl (C=O) groups excluding carboxylic acids is 1. The van der Waals surface area contributed by atoms with Crippen molar-refractivity contribution in [1.29, 1.82) is 0 Å². The van der Waals surface area contributed by atoms with Crippen molar-refractivity contribution in [3.8, 4) is 11.5 Å². The van der Waals surface area contributed by atoms with Crippen molar-refractivity contribution in [3.63, 3.8) is 0 Å². The smallest absolute Gasteiger partial charge is 0.260 e. The predicted molar refractivity (Wildman–Crippen MR) is 105 cm³/mol. The first kappa shape index (κ1) is 18.0. The summed E-state index contributed by atoms with van der Waals surface area (Å²) in [6.45, 7) is 3.01. The molecule has 1 unspecified atom stereocenters. The van der Waals surface area contributed by atoms with Crippen molar-refractivity contribution >= 4 is 16.8 Å². The lowest BCUT2D eigenvalue weighted by atomic mass is 10.0. The highest BCUT2D eigenvalue weighted by atomic mass is 16.6. The summed E-state index contributed by atoms with van der Waals surface area (Å²) in [6.07, 6.45) is 1.46. The van der Waals surface area contributed by atoms with Crippen LogP contribution in [0.2, 0.25) is 0 Å². The first-order valence-electron chi connectivity index (χ1n) is 9.08. The molecule has 1 atom stereocenters. The maximum atomic E-state index is 13.0. The van der Waals surface area contributed by atoms with Crippen LogP contribution in [-0.2, 0) is 7.05 Å². The molecule has 1 amide bonds. The molecular weight excluding hydrogens is 358 g/mol. The number of amides is 1. The van der Waals surface area contributed by atoms with Gasteiger partial charge in [0, 0.05) is 19.7 Å². The second kappa shape index (κ2) is 6.99. The number of fused-ring (bicyclic) bond motifs is 2. The van der Waals surface area contributed by atoms with Crippen LogP contribution in [0, 0.1) is 0 Å². The summed E-state index contributed by atoms with van der Waals surface area (Å²) in [6, 6.07) is 10.5. The third-order valence-corrected chi connectivity index (χ3v) is 5.12. The van der Waals surface area contributed by atoms with Gasteiger partial charge in [0.1, 0.15) is 13.2 Å². The molecule has 0 saturated heterocycles. The zero-order valence-corrected chi connectivity index (χ0v) is 16.0. The van der Waals surface area contributed by atoms with Crippen LogP contribution in [0.4, 0.5) is 0 Å². The van der Waals surface area contributed by atoms with Gasteiger partial charge in [-0.05, 0) is 42.8 Å². The molecule has 0 N–H and O–H groups in total. The lowest BCUT2D eigenvalue weighted by molar-refractivity contribution is 0.0742. The normalized spacial score (nSPS) is 14.0. The van der Waals surface area contributed by atoms with Crippen LogP contribution in [0.3, 0.4) is 0 Å². The molecule has 3 aromatic rings. The van der Waals surface area contributed by atoms with Gasteiger partial charge in [0.2, 0.25) is 0 Å². The van der Waals surface area contributed by atoms with Crippen molar-refractivity contribution in [1.82, 2.24) is 14.5 Å². The summed E-state index contributed by atoms with van der Waals surface area (Å²) in [7, 11) is 3.40. The van der Waals surface area contributed by atoms with Gasteiger partial charge >= 0.3 is 0 Å². The Morgan fingerprint density at radius 1 is 1.14 bits per heavy atom. The lowest BCUT2D eigenvalue weighted by Gasteiger charge is -2.27. The highest BCUT2D eigenvalue weighted by Crippen LogP contribution is 2.34. The molecule has 0 fully saturated rings. The Morgan fingerprint density at radius 3 is 2.68 bits per heavy atom. The third kappa shape index (κ3) is 3.09. The number of ether oxygens (including phenoxy) is 2. The molecule has 1 aliphatic rings. The molecule has 7 nitrogen and oxygen atoms in total. The Kier molecular flexibility index (Phi) is 4.50. The van der Waals surface area contributed by atoms with Gasteiger partial charge in [0.05, 0.1) is 23.3 Å². The highest BCUT2D eigenvalue weighted by molar-refractivity contribution is 5.97. The lowest BCUT2D eigenvalue weighted by Crippen LogP contribution is -2.30. The van der Waals surface area contributed by atoms with Crippen molar-refractivity contribution in [2.24, 2.45) is 7.05 Å². The summed E-state index contributed by atoms with van der Waals surface area (Å²) in [5.74, 6) is 1.27. The van der Waals surface area contributed by atoms with Gasteiger partial charge in [-0.3, -0.25) is 9.59 Å². The van der Waals surface area contributed by atoms with E-state index in [1.807, 2.05) is 25.1 Å². The van der Waals surface area contributed by atoms with Crippen LogP contribution in [-0.4, -0.2) is 40.6 Å². The fourth-order valence-corrected chi connectivity index (χ4v) is 3.27. The van der Waals surface area contributed by atoms with Gasteiger partial charge in [-0.25, -0.2) is 4.98 Å². The number of carbonyl (C=O) groups is 1. The summed E-state index contributed by atoms with van der Waals surface area (Å²) in [5, 5.41) is 0.490. The number of benzene rings is 2. The third-order valence-electron chi connectivity index (χ3n) is 5.12. The van der Waals surface area contributed by atoms with Crippen molar-refractivity contribution in [2.75, 3.05) is 20.3 Å². The number of hydrogen-bond donors (Lipinski definition) is 0. The minimum Gasteiger partial charge on any atom is -0.486 e. The van der Waals surface area contributed by atoms with Gasteiger partial charge in [-0.1, -0.05) is 6.07 Å². The van der Waals surface area contributed by atoms with E-state index in [0.29, 0.717) is 35.4 Å². The monoisotopic (exact) mass is 379 g/mol. The van der Waals surface area contributed by atoms with E-state index in [-0.39, 0.29) is 17.5 Å². The van der Waals surface area contributed by atoms with E-state index in [1.54, 1.807) is 37.2 Å². The van der Waals surface area contributed by atoms with Crippen molar-refractivity contribution < 1.29 is 14.3 Å². The largest absolute Gasteiger partial charge is 0.486 e. The molecule has 2 aromatic carbocycles. The minimum atomic E-state index is -0.171. The average Bonchev–Trinajstić information content (AvgIpc) is 2.74. The van der Waals surface area contributed by atoms with Crippen LogP contribution in [0.25, 0.3) is 10.9 Å². The molecule has 144 valence electrons. The topological polar surface area (TPSA) is 73.7 Å². The molecule has 0 radical (unpaired) electrons. The number of aryl methyl sites for hydroxylation is 1. The number of hydrogen-bond acceptors (Lipinski definition) is 5. The quantitative estimate of drug-likeness (QED) is 0.699. The molecule has 4 rings (SSSR count). The Hall–Kier alpha value is -3.35. The molecule has 7 heteroatoms. The van der Waals surface area contributed by atoms with Gasteiger partial charge in [-0.15, -0.1) is 0 Å². The summed E-state index contributed by atoms with van der Waals surface area (Å²) in [5.41, 5.74) is 1.81. The van der Waals surface area contributed by atoms with Crippen LogP contribution in [0.1, 0.15) is 28.9 Å². The second-order valence-electron chi connectivity index (χ2n) is 6.89. The molecular formula is C21H21N3O4. The number of aromatic nitrogens is 2. The van der Waals surface area contributed by atoms with Crippen molar-refractivity contribution in [3.05, 3.63) is 64.2 Å². The van der Waals surface area contributed by atoms with Crippen molar-refractivity contribution in [2.45, 2.75) is 13.0 Å². The summed E-state index contributed by atoms with van der Waals surface area (Å²) >= 11 is 0. The maximum absolute atomic E-state index is 13.0. The molecule has 0 bridgehead atoms. The zero-order chi connectivity index (χ0) is 19.8. The van der Waals surface area contributed by atoms with Crippen LogP contribution >= 0.6 is 0 Å². The van der Waals surface area contributed by atoms with Gasteiger partial charge in [0.15, 0.2) is 11.5 Å². The van der Waals surface area contributed by atoms with Gasteiger partial charge in [0.25, 0.3) is 11.5 Å². The second-order valence-corrected chi connectivity index (χ2v) is 6.89. The van der Waals surface area contributed by atoms with E-state index >= 15 is 0 Å². The Balaban J connectivity index is 1.61. The Bertz CT molecular complexity index is 1120. The SMILES string of the molecule is CC(c1ccc2c(c1)OCCO2)N(C)C(=O)c1ccc2c(=O)n(C)cnc2c1. The fourth-order valence-electron chi connectivity index (χ4n) is 3.27. The Morgan fingerprint density at radius 2 is 1.89 bits per heavy atom. The molecule has 2 heterocycles. The number of rotatable bonds is 3. The number of nitrogens with zero attached hydrogens (tertiary/aromatic N) is 3. The summed E-state index contributed by atoms with van der Waals surface area (Å²) in [4.78, 5) is 31.1. The van der Waals surface area contributed by atoms with E-state index in [4.69, 9.17) is 9.47 Å². The maximum Gasteiger partial charge on any atom is 0.260 e. The Labute approximate surface area is 162 Å². The molecule has 0 spiro atoms.